The largest absolute Gasteiger partial charge is 0.493 e. The van der Waals surface area contributed by atoms with Crippen LogP contribution in [0.1, 0.15) is 23.6 Å². The van der Waals surface area contributed by atoms with Gasteiger partial charge in [0.05, 0.1) is 27.2 Å². The second-order valence-corrected chi connectivity index (χ2v) is 7.59. The number of nitrogens with one attached hydrogen (secondary N) is 1. The number of nitrogens with zero attached hydrogens (tertiary/aromatic N) is 1. The average Bonchev–Trinajstić information content (AvgIpc) is 3.22. The number of rotatable bonds is 7. The number of carbonyl (C=O) groups is 2. The summed E-state index contributed by atoms with van der Waals surface area (Å²) >= 11 is 0. The van der Waals surface area contributed by atoms with Crippen molar-refractivity contribution in [1.29, 1.82) is 0 Å². The van der Waals surface area contributed by atoms with Gasteiger partial charge in [-0.2, -0.15) is 0 Å². The molecule has 0 fully saturated rings. The van der Waals surface area contributed by atoms with Gasteiger partial charge < -0.3 is 14.8 Å². The molecule has 0 saturated heterocycles. The molecule has 6 nitrogen and oxygen atoms in total. The number of methoxy groups -OCH3 is 2. The highest BCUT2D eigenvalue weighted by molar-refractivity contribution is 6.46. The van der Waals surface area contributed by atoms with Gasteiger partial charge in [-0.05, 0) is 52.6 Å². The Morgan fingerprint density at radius 2 is 1.72 bits per heavy atom. The summed E-state index contributed by atoms with van der Waals surface area (Å²) in [6.45, 7) is 2.05. The molecule has 6 heteroatoms. The zero-order valence-electron chi connectivity index (χ0n) is 18.3. The van der Waals surface area contributed by atoms with Crippen LogP contribution in [0, 0.1) is 0 Å². The van der Waals surface area contributed by atoms with E-state index in [9.17, 15) is 9.59 Å². The Morgan fingerprint density at radius 1 is 0.938 bits per heavy atom. The first-order valence-electron chi connectivity index (χ1n) is 10.3. The molecule has 0 spiro atoms. The van der Waals surface area contributed by atoms with Crippen LogP contribution in [0.25, 0.3) is 11.1 Å². The van der Waals surface area contributed by atoms with Crippen molar-refractivity contribution in [3.05, 3.63) is 77.4 Å². The van der Waals surface area contributed by atoms with E-state index in [0.29, 0.717) is 29.4 Å². The maximum Gasteiger partial charge on any atom is 0.228 e. The van der Waals surface area contributed by atoms with Crippen molar-refractivity contribution >= 4 is 23.1 Å². The molecule has 4 rings (SSSR count). The van der Waals surface area contributed by atoms with Gasteiger partial charge in [-0.25, -0.2) is 0 Å². The topological polar surface area (TPSA) is 77.0 Å². The van der Waals surface area contributed by atoms with E-state index in [2.05, 4.69) is 16.4 Å². The summed E-state index contributed by atoms with van der Waals surface area (Å²) in [5.74, 6) is 1.08. The van der Waals surface area contributed by atoms with E-state index in [-0.39, 0.29) is 18.1 Å². The Balaban J connectivity index is 1.48. The number of aliphatic imine (C=N–C) groups is 1. The molecule has 0 bridgehead atoms. The lowest BCUT2D eigenvalue weighted by Gasteiger charge is -2.11. The van der Waals surface area contributed by atoms with Crippen LogP contribution in [-0.2, 0) is 22.6 Å². The molecule has 0 saturated carbocycles. The summed E-state index contributed by atoms with van der Waals surface area (Å²) < 4.78 is 10.6. The van der Waals surface area contributed by atoms with Crippen LogP contribution < -0.4 is 14.8 Å². The SMILES string of the molecule is COc1ccc(CC(=O)Nc2cccc(-c3ccc4c(c3)CN=C4C(C)=O)c2)cc1OC. The van der Waals surface area contributed by atoms with Crippen molar-refractivity contribution in [2.75, 3.05) is 19.5 Å². The van der Waals surface area contributed by atoms with Crippen LogP contribution in [0.2, 0.25) is 0 Å². The fourth-order valence-corrected chi connectivity index (χ4v) is 3.84. The number of anilines is 1. The molecule has 3 aromatic carbocycles. The van der Waals surface area contributed by atoms with Gasteiger partial charge in [-0.15, -0.1) is 0 Å². The number of carbonyl (C=O) groups excluding carboxylic acids is 2. The molecule has 3 aromatic rings. The number of amides is 1. The quantitative estimate of drug-likeness (QED) is 0.603. The number of Topliss-reactive ketones (excluding diaryl/α,β-unsaturated/α-hetero) is 1. The van der Waals surface area contributed by atoms with Crippen LogP contribution in [0.5, 0.6) is 11.5 Å². The lowest BCUT2D eigenvalue weighted by molar-refractivity contribution is -0.115. The lowest BCUT2D eigenvalue weighted by Crippen LogP contribution is -2.14. The van der Waals surface area contributed by atoms with Gasteiger partial charge in [0.1, 0.15) is 5.71 Å². The van der Waals surface area contributed by atoms with Crippen molar-refractivity contribution in [2.24, 2.45) is 4.99 Å². The van der Waals surface area contributed by atoms with Crippen LogP contribution in [-0.4, -0.2) is 31.6 Å². The Bertz CT molecular complexity index is 1230. The van der Waals surface area contributed by atoms with E-state index in [1.807, 2.05) is 42.5 Å². The van der Waals surface area contributed by atoms with Gasteiger partial charge in [-0.3, -0.25) is 14.6 Å². The Kier molecular flexibility index (Phi) is 6.03. The molecule has 1 aliphatic heterocycles. The van der Waals surface area contributed by atoms with Crippen LogP contribution in [0.15, 0.2) is 65.7 Å². The molecular formula is C26H24N2O4. The molecule has 0 unspecified atom stereocenters. The second-order valence-electron chi connectivity index (χ2n) is 7.59. The second kappa shape index (κ2) is 9.06. The third-order valence-corrected chi connectivity index (χ3v) is 5.39. The maximum absolute atomic E-state index is 12.6. The van der Waals surface area contributed by atoms with Gasteiger partial charge >= 0.3 is 0 Å². The molecule has 1 aliphatic rings. The fourth-order valence-electron chi connectivity index (χ4n) is 3.84. The third-order valence-electron chi connectivity index (χ3n) is 5.39. The van der Waals surface area contributed by atoms with Crippen molar-refractivity contribution in [3.8, 4) is 22.6 Å². The first-order chi connectivity index (χ1) is 15.5. The molecule has 0 aromatic heterocycles. The van der Waals surface area contributed by atoms with E-state index in [0.717, 1.165) is 27.8 Å². The summed E-state index contributed by atoms with van der Waals surface area (Å²) in [6, 6.07) is 19.1. The predicted molar refractivity (Wildman–Crippen MR) is 125 cm³/mol. The molecule has 162 valence electrons. The fraction of sp³-hybridized carbons (Fsp3) is 0.192. The van der Waals surface area contributed by atoms with Crippen LogP contribution in [0.3, 0.4) is 0 Å². The molecule has 1 N–H and O–H groups in total. The van der Waals surface area contributed by atoms with E-state index in [1.54, 1.807) is 26.4 Å². The summed E-state index contributed by atoms with van der Waals surface area (Å²) in [7, 11) is 3.15. The zero-order valence-corrected chi connectivity index (χ0v) is 18.3. The molecule has 1 amide bonds. The molecule has 0 aliphatic carbocycles. The molecule has 1 heterocycles. The van der Waals surface area contributed by atoms with Gasteiger partial charge in [-0.1, -0.05) is 30.3 Å². The number of fused-ring (bicyclic) bond motifs is 1. The van der Waals surface area contributed by atoms with Crippen LogP contribution >= 0.6 is 0 Å². The maximum atomic E-state index is 12.6. The van der Waals surface area contributed by atoms with Crippen molar-refractivity contribution in [2.45, 2.75) is 19.9 Å². The smallest absolute Gasteiger partial charge is 0.228 e. The molecular weight excluding hydrogens is 404 g/mol. The first-order valence-corrected chi connectivity index (χ1v) is 10.3. The summed E-state index contributed by atoms with van der Waals surface area (Å²) in [5, 5.41) is 2.96. The van der Waals surface area contributed by atoms with Crippen molar-refractivity contribution < 1.29 is 19.1 Å². The van der Waals surface area contributed by atoms with Gasteiger partial charge in [0, 0.05) is 18.2 Å². The number of ketones is 1. The summed E-state index contributed by atoms with van der Waals surface area (Å²) in [4.78, 5) is 28.7. The first kappa shape index (κ1) is 21.3. The number of ether oxygens (including phenoxy) is 2. The zero-order chi connectivity index (χ0) is 22.7. The highest BCUT2D eigenvalue weighted by atomic mass is 16.5. The highest BCUT2D eigenvalue weighted by Crippen LogP contribution is 2.29. The van der Waals surface area contributed by atoms with E-state index < -0.39 is 0 Å². The minimum absolute atomic E-state index is 0.0179. The normalized spacial score (nSPS) is 12.0. The number of benzene rings is 3. The predicted octanol–water partition coefficient (Wildman–Crippen LogP) is 4.44. The highest BCUT2D eigenvalue weighted by Gasteiger charge is 2.19. The Morgan fingerprint density at radius 3 is 2.47 bits per heavy atom. The monoisotopic (exact) mass is 428 g/mol. The van der Waals surface area contributed by atoms with E-state index in [1.165, 1.54) is 6.92 Å². The van der Waals surface area contributed by atoms with E-state index >= 15 is 0 Å². The summed E-state index contributed by atoms with van der Waals surface area (Å²) in [6.07, 6.45) is 0.217. The lowest BCUT2D eigenvalue weighted by atomic mass is 9.97. The van der Waals surface area contributed by atoms with Gasteiger partial charge in [0.15, 0.2) is 17.3 Å². The molecule has 0 radical (unpaired) electrons. The van der Waals surface area contributed by atoms with Crippen molar-refractivity contribution in [3.63, 3.8) is 0 Å². The van der Waals surface area contributed by atoms with Gasteiger partial charge in [0.25, 0.3) is 0 Å². The van der Waals surface area contributed by atoms with Crippen molar-refractivity contribution in [1.82, 2.24) is 0 Å². The molecule has 0 atom stereocenters. The average molecular weight is 428 g/mol. The number of hydrogen-bond donors (Lipinski definition) is 1. The number of hydrogen-bond acceptors (Lipinski definition) is 5. The molecule has 32 heavy (non-hydrogen) atoms. The Hall–Kier alpha value is -3.93. The van der Waals surface area contributed by atoms with Gasteiger partial charge in [0.2, 0.25) is 5.91 Å². The standard InChI is InChI=1S/C26H24N2O4/c1-16(29)26-22-9-8-19(13-20(22)15-27-26)18-5-4-6-21(14-18)28-25(30)12-17-7-10-23(31-2)24(11-17)32-3/h4-11,13-14H,12,15H2,1-3H3,(H,28,30). The Labute approximate surface area is 186 Å². The minimum atomic E-state index is -0.122. The van der Waals surface area contributed by atoms with Crippen LogP contribution in [0.4, 0.5) is 5.69 Å². The van der Waals surface area contributed by atoms with E-state index in [4.69, 9.17) is 9.47 Å². The minimum Gasteiger partial charge on any atom is -0.493 e. The third kappa shape index (κ3) is 4.39. The summed E-state index contributed by atoms with van der Waals surface area (Å²) in [5.41, 5.74) is 6.03.